The molecular weight excluding hydrogens is 236 g/mol. The van der Waals surface area contributed by atoms with Crippen molar-refractivity contribution in [1.29, 1.82) is 0 Å². The van der Waals surface area contributed by atoms with Crippen LogP contribution in [0.3, 0.4) is 0 Å². The lowest BCUT2D eigenvalue weighted by atomic mass is 10.3. The van der Waals surface area contributed by atoms with Crippen LogP contribution in [0.4, 0.5) is 0 Å². The molecule has 1 rings (SSSR count). The lowest BCUT2D eigenvalue weighted by molar-refractivity contribution is 0.415. The van der Waals surface area contributed by atoms with E-state index in [1.165, 1.54) is 5.19 Å². The van der Waals surface area contributed by atoms with Gasteiger partial charge in [-0.1, -0.05) is 35.5 Å². The van der Waals surface area contributed by atoms with Crippen LogP contribution in [0.25, 0.3) is 0 Å². The van der Waals surface area contributed by atoms with Gasteiger partial charge in [0.1, 0.15) is 5.75 Å². The van der Waals surface area contributed by atoms with Crippen molar-refractivity contribution < 1.29 is 4.74 Å². The molecule has 0 spiro atoms. The van der Waals surface area contributed by atoms with Crippen LogP contribution in [-0.2, 0) is 0 Å². The van der Waals surface area contributed by atoms with Gasteiger partial charge in [0.25, 0.3) is 0 Å². The highest BCUT2D eigenvalue weighted by Crippen LogP contribution is 2.23. The van der Waals surface area contributed by atoms with E-state index in [2.05, 4.69) is 31.9 Å². The molecule has 0 radical (unpaired) electrons. The highest BCUT2D eigenvalue weighted by Gasteiger charge is 2.31. The summed E-state index contributed by atoms with van der Waals surface area (Å²) in [5, 5.41) is 1.42. The maximum atomic E-state index is 5.22. The average molecular weight is 258 g/mol. The number of rotatable bonds is 8. The van der Waals surface area contributed by atoms with Crippen molar-refractivity contribution in [3.05, 3.63) is 62.2 Å². The molecule has 0 fully saturated rings. The number of hydrogen-bond donors (Lipinski definition) is 0. The second-order valence-electron chi connectivity index (χ2n) is 4.49. The Morgan fingerprint density at radius 1 is 0.944 bits per heavy atom. The van der Waals surface area contributed by atoms with Gasteiger partial charge >= 0.3 is 0 Å². The third kappa shape index (κ3) is 3.23. The minimum absolute atomic E-state index is 0.900. The highest BCUT2D eigenvalue weighted by atomic mass is 28.3. The summed E-state index contributed by atoms with van der Waals surface area (Å²) in [5.41, 5.74) is 0. The molecular formula is C16H22OSi. The van der Waals surface area contributed by atoms with E-state index >= 15 is 0 Å². The normalized spacial score (nSPS) is 10.7. The molecule has 0 aliphatic carbocycles. The van der Waals surface area contributed by atoms with Crippen molar-refractivity contribution in [2.24, 2.45) is 0 Å². The number of hydrogen-bond acceptors (Lipinski definition) is 1. The standard InChI is InChI=1S/C16H22OSi/c1-5-12-18(13-6-2,14-7-3)16-10-8-15(17-4)9-11-16/h5-11H,1-3,12-14H2,4H3. The first-order chi connectivity index (χ1) is 8.72. The molecule has 1 aromatic rings. The molecule has 1 aromatic carbocycles. The maximum Gasteiger partial charge on any atom is 0.118 e. The first-order valence-corrected chi connectivity index (χ1v) is 8.82. The Bertz CT molecular complexity index is 379. The van der Waals surface area contributed by atoms with E-state index in [0.29, 0.717) is 0 Å². The zero-order chi connectivity index (χ0) is 13.4. The second kappa shape index (κ2) is 7.02. The van der Waals surface area contributed by atoms with Gasteiger partial charge in [0, 0.05) is 0 Å². The average Bonchev–Trinajstić information content (AvgIpc) is 2.39. The van der Waals surface area contributed by atoms with E-state index in [9.17, 15) is 0 Å². The van der Waals surface area contributed by atoms with Crippen molar-refractivity contribution >= 4 is 13.3 Å². The van der Waals surface area contributed by atoms with Gasteiger partial charge in [-0.3, -0.25) is 0 Å². The van der Waals surface area contributed by atoms with Crippen LogP contribution < -0.4 is 9.92 Å². The summed E-state index contributed by atoms with van der Waals surface area (Å²) in [5.74, 6) is 0.900. The molecule has 0 saturated heterocycles. The Morgan fingerprint density at radius 3 is 1.72 bits per heavy atom. The zero-order valence-corrected chi connectivity index (χ0v) is 12.2. The zero-order valence-electron chi connectivity index (χ0n) is 11.2. The van der Waals surface area contributed by atoms with Crippen molar-refractivity contribution in [1.82, 2.24) is 0 Å². The van der Waals surface area contributed by atoms with Crippen molar-refractivity contribution in [2.75, 3.05) is 7.11 Å². The number of methoxy groups -OCH3 is 1. The largest absolute Gasteiger partial charge is 0.497 e. The van der Waals surface area contributed by atoms with Gasteiger partial charge in [-0.2, -0.15) is 0 Å². The topological polar surface area (TPSA) is 9.23 Å². The fourth-order valence-corrected chi connectivity index (χ4v) is 6.12. The van der Waals surface area contributed by atoms with Crippen LogP contribution in [0.15, 0.2) is 62.2 Å². The van der Waals surface area contributed by atoms with E-state index < -0.39 is 8.07 Å². The quantitative estimate of drug-likeness (QED) is 0.507. The summed E-state index contributed by atoms with van der Waals surface area (Å²) in [7, 11) is 0.0743. The summed E-state index contributed by atoms with van der Waals surface area (Å²) in [6.07, 6.45) is 6.09. The molecule has 1 nitrogen and oxygen atoms in total. The number of ether oxygens (including phenoxy) is 1. The molecule has 0 heterocycles. The van der Waals surface area contributed by atoms with Crippen molar-refractivity contribution in [3.8, 4) is 5.75 Å². The molecule has 0 saturated carbocycles. The predicted octanol–water partition coefficient (Wildman–Crippen LogP) is 3.91. The van der Waals surface area contributed by atoms with Gasteiger partial charge in [0.15, 0.2) is 0 Å². The molecule has 0 aromatic heterocycles. The minimum Gasteiger partial charge on any atom is -0.497 e. The van der Waals surface area contributed by atoms with Gasteiger partial charge in [-0.15, -0.1) is 19.7 Å². The molecule has 0 N–H and O–H groups in total. The molecule has 0 bridgehead atoms. The molecule has 96 valence electrons. The minimum atomic E-state index is -1.62. The summed E-state index contributed by atoms with van der Waals surface area (Å²) >= 11 is 0. The number of benzene rings is 1. The smallest absolute Gasteiger partial charge is 0.118 e. The van der Waals surface area contributed by atoms with Gasteiger partial charge in [-0.25, -0.2) is 0 Å². The molecule has 0 atom stereocenters. The third-order valence-electron chi connectivity index (χ3n) is 3.31. The van der Waals surface area contributed by atoms with E-state index in [0.717, 1.165) is 23.9 Å². The van der Waals surface area contributed by atoms with E-state index in [1.54, 1.807) is 7.11 Å². The molecule has 18 heavy (non-hydrogen) atoms. The first kappa shape index (κ1) is 14.5. The van der Waals surface area contributed by atoms with Gasteiger partial charge < -0.3 is 4.74 Å². The molecule has 0 amide bonds. The van der Waals surface area contributed by atoms with Gasteiger partial charge in [0.2, 0.25) is 0 Å². The highest BCUT2D eigenvalue weighted by molar-refractivity contribution is 6.92. The Morgan fingerprint density at radius 2 is 1.39 bits per heavy atom. The second-order valence-corrected chi connectivity index (χ2v) is 8.85. The lowest BCUT2D eigenvalue weighted by Gasteiger charge is -2.29. The first-order valence-electron chi connectivity index (χ1n) is 6.19. The van der Waals surface area contributed by atoms with E-state index in [1.807, 2.05) is 30.4 Å². The summed E-state index contributed by atoms with van der Waals surface area (Å²) in [4.78, 5) is 0. The molecule has 0 aliphatic rings. The summed E-state index contributed by atoms with van der Waals surface area (Å²) in [6, 6.07) is 11.6. The van der Waals surface area contributed by atoms with Crippen molar-refractivity contribution in [3.63, 3.8) is 0 Å². The van der Waals surface area contributed by atoms with Gasteiger partial charge in [-0.05, 0) is 30.3 Å². The Kier molecular flexibility index (Phi) is 5.66. The van der Waals surface area contributed by atoms with Crippen LogP contribution in [0.5, 0.6) is 5.75 Å². The summed E-state index contributed by atoms with van der Waals surface area (Å²) < 4.78 is 5.22. The van der Waals surface area contributed by atoms with Gasteiger partial charge in [0.05, 0.1) is 15.2 Å². The Hall–Kier alpha value is -1.54. The summed E-state index contributed by atoms with van der Waals surface area (Å²) in [6.45, 7) is 11.7. The monoisotopic (exact) mass is 258 g/mol. The van der Waals surface area contributed by atoms with Crippen LogP contribution in [0.1, 0.15) is 0 Å². The predicted molar refractivity (Wildman–Crippen MR) is 83.4 cm³/mol. The number of allylic oxidation sites excluding steroid dienone is 3. The molecule has 0 aliphatic heterocycles. The fraction of sp³-hybridized carbons (Fsp3) is 0.250. The van der Waals surface area contributed by atoms with E-state index in [-0.39, 0.29) is 0 Å². The Balaban J connectivity index is 3.15. The maximum absolute atomic E-state index is 5.22. The van der Waals surface area contributed by atoms with Crippen LogP contribution in [-0.4, -0.2) is 15.2 Å². The van der Waals surface area contributed by atoms with Crippen LogP contribution in [0, 0.1) is 0 Å². The lowest BCUT2D eigenvalue weighted by Crippen LogP contribution is -2.46. The molecule has 0 unspecified atom stereocenters. The van der Waals surface area contributed by atoms with Crippen LogP contribution >= 0.6 is 0 Å². The SMILES string of the molecule is C=CC[Si](CC=C)(CC=C)c1ccc(OC)cc1. The third-order valence-corrected chi connectivity index (χ3v) is 8.08. The van der Waals surface area contributed by atoms with Crippen molar-refractivity contribution in [2.45, 2.75) is 18.1 Å². The van der Waals surface area contributed by atoms with E-state index in [4.69, 9.17) is 4.74 Å². The van der Waals surface area contributed by atoms with Crippen LogP contribution in [0.2, 0.25) is 18.1 Å². The fourth-order valence-electron chi connectivity index (χ4n) is 2.38. The molecule has 2 heteroatoms. The Labute approximate surface area is 112 Å².